The second-order valence-electron chi connectivity index (χ2n) is 7.10. The Hall–Kier alpha value is -3.64. The third kappa shape index (κ3) is 4.75. The third-order valence-electron chi connectivity index (χ3n) is 4.96. The van der Waals surface area contributed by atoms with E-state index in [9.17, 15) is 10.1 Å². The Morgan fingerprint density at radius 1 is 0.903 bits per heavy atom. The minimum atomic E-state index is -0.390. The number of aryl methyl sites for hydroxylation is 1. The fraction of sp³-hybridized carbons (Fsp3) is 0.0800. The first-order valence-electron chi connectivity index (χ1n) is 9.82. The van der Waals surface area contributed by atoms with Gasteiger partial charge in [0, 0.05) is 50.8 Å². The molecule has 0 spiro atoms. The van der Waals surface area contributed by atoms with Crippen LogP contribution in [-0.4, -0.2) is 15.7 Å². The topological polar surface area (TPSA) is 60.4 Å². The molecule has 0 aliphatic heterocycles. The van der Waals surface area contributed by atoms with Crippen LogP contribution in [0.15, 0.2) is 99.7 Å². The SMILES string of the molecule is Cc1cc(C=Nc2ccc(Sc3ccc([N+](=O)[O-])cc3)cc2)c(C)n1-c1ccccc1. The third-order valence-corrected chi connectivity index (χ3v) is 5.97. The van der Waals surface area contributed by atoms with Crippen molar-refractivity contribution in [3.63, 3.8) is 0 Å². The van der Waals surface area contributed by atoms with Crippen LogP contribution in [0.2, 0.25) is 0 Å². The van der Waals surface area contributed by atoms with Crippen LogP contribution >= 0.6 is 11.8 Å². The van der Waals surface area contributed by atoms with Crippen LogP contribution in [-0.2, 0) is 0 Å². The molecule has 0 saturated carbocycles. The van der Waals surface area contributed by atoms with E-state index >= 15 is 0 Å². The predicted molar refractivity (Wildman–Crippen MR) is 126 cm³/mol. The molecule has 0 N–H and O–H groups in total. The Balaban J connectivity index is 1.47. The van der Waals surface area contributed by atoms with Crippen LogP contribution < -0.4 is 0 Å². The van der Waals surface area contributed by atoms with Gasteiger partial charge in [-0.3, -0.25) is 15.1 Å². The Labute approximate surface area is 185 Å². The average molecular weight is 428 g/mol. The van der Waals surface area contributed by atoms with Crippen molar-refractivity contribution in [2.75, 3.05) is 0 Å². The number of hydrogen-bond donors (Lipinski definition) is 0. The Kier molecular flexibility index (Phi) is 6.00. The fourth-order valence-electron chi connectivity index (χ4n) is 3.41. The molecule has 0 amide bonds. The van der Waals surface area contributed by atoms with Gasteiger partial charge in [-0.15, -0.1) is 0 Å². The smallest absolute Gasteiger partial charge is 0.269 e. The molecule has 0 bridgehead atoms. The monoisotopic (exact) mass is 427 g/mol. The van der Waals surface area contributed by atoms with Crippen molar-refractivity contribution in [3.05, 3.63) is 112 Å². The van der Waals surface area contributed by atoms with Crippen molar-refractivity contribution in [1.82, 2.24) is 4.57 Å². The minimum Gasteiger partial charge on any atom is -0.318 e. The van der Waals surface area contributed by atoms with Crippen LogP contribution in [0.25, 0.3) is 5.69 Å². The summed E-state index contributed by atoms with van der Waals surface area (Å²) in [4.78, 5) is 17.0. The van der Waals surface area contributed by atoms with Crippen molar-refractivity contribution in [3.8, 4) is 5.69 Å². The largest absolute Gasteiger partial charge is 0.318 e. The summed E-state index contributed by atoms with van der Waals surface area (Å²) < 4.78 is 2.23. The highest BCUT2D eigenvalue weighted by Crippen LogP contribution is 2.30. The van der Waals surface area contributed by atoms with E-state index in [0.717, 1.165) is 32.4 Å². The summed E-state index contributed by atoms with van der Waals surface area (Å²) in [6, 6.07) is 27.0. The molecule has 0 fully saturated rings. The van der Waals surface area contributed by atoms with Gasteiger partial charge in [-0.05, 0) is 68.4 Å². The molecule has 154 valence electrons. The maximum Gasteiger partial charge on any atom is 0.269 e. The number of non-ortho nitro benzene ring substituents is 1. The zero-order valence-corrected chi connectivity index (χ0v) is 18.0. The second kappa shape index (κ2) is 9.02. The molecular weight excluding hydrogens is 406 g/mol. The van der Waals surface area contributed by atoms with Crippen molar-refractivity contribution >= 4 is 29.4 Å². The average Bonchev–Trinajstić information content (AvgIpc) is 3.07. The van der Waals surface area contributed by atoms with Gasteiger partial charge in [0.2, 0.25) is 0 Å². The van der Waals surface area contributed by atoms with Crippen LogP contribution in [0.1, 0.15) is 17.0 Å². The number of nitrogens with zero attached hydrogens (tertiary/aromatic N) is 3. The number of para-hydroxylation sites is 1. The molecule has 4 aromatic rings. The molecule has 0 unspecified atom stereocenters. The Bertz CT molecular complexity index is 1230. The van der Waals surface area contributed by atoms with Crippen molar-refractivity contribution in [2.45, 2.75) is 23.6 Å². The summed E-state index contributed by atoms with van der Waals surface area (Å²) in [5.74, 6) is 0. The van der Waals surface area contributed by atoms with Crippen LogP contribution in [0.4, 0.5) is 11.4 Å². The summed E-state index contributed by atoms with van der Waals surface area (Å²) in [6.45, 7) is 4.20. The van der Waals surface area contributed by atoms with Gasteiger partial charge in [-0.1, -0.05) is 30.0 Å². The predicted octanol–water partition coefficient (Wildman–Crippen LogP) is 6.90. The van der Waals surface area contributed by atoms with E-state index < -0.39 is 4.92 Å². The summed E-state index contributed by atoms with van der Waals surface area (Å²) >= 11 is 1.56. The number of nitro benzene ring substituents is 1. The molecule has 1 aromatic heterocycles. The molecule has 0 radical (unpaired) electrons. The minimum absolute atomic E-state index is 0.0978. The van der Waals surface area contributed by atoms with E-state index in [0.29, 0.717) is 0 Å². The summed E-state index contributed by atoms with van der Waals surface area (Å²) in [6.07, 6.45) is 1.90. The van der Waals surface area contributed by atoms with Crippen LogP contribution in [0.5, 0.6) is 0 Å². The maximum atomic E-state index is 10.8. The van der Waals surface area contributed by atoms with Gasteiger partial charge in [-0.25, -0.2) is 0 Å². The summed E-state index contributed by atoms with van der Waals surface area (Å²) in [5, 5.41) is 10.8. The van der Waals surface area contributed by atoms with Gasteiger partial charge >= 0.3 is 0 Å². The fourth-order valence-corrected chi connectivity index (χ4v) is 4.23. The van der Waals surface area contributed by atoms with Crippen molar-refractivity contribution in [1.29, 1.82) is 0 Å². The van der Waals surface area contributed by atoms with Gasteiger partial charge in [0.25, 0.3) is 5.69 Å². The molecule has 1 heterocycles. The first kappa shape index (κ1) is 20.6. The number of rotatable bonds is 6. The Morgan fingerprint density at radius 2 is 1.52 bits per heavy atom. The van der Waals surface area contributed by atoms with Gasteiger partial charge in [0.1, 0.15) is 0 Å². The molecule has 0 aliphatic carbocycles. The Morgan fingerprint density at radius 3 is 2.13 bits per heavy atom. The van der Waals surface area contributed by atoms with E-state index in [2.05, 4.69) is 41.6 Å². The maximum absolute atomic E-state index is 10.8. The van der Waals surface area contributed by atoms with Gasteiger partial charge in [-0.2, -0.15) is 0 Å². The second-order valence-corrected chi connectivity index (χ2v) is 8.25. The lowest BCUT2D eigenvalue weighted by atomic mass is 10.2. The highest BCUT2D eigenvalue weighted by atomic mass is 32.2. The van der Waals surface area contributed by atoms with Gasteiger partial charge in [0.05, 0.1) is 10.6 Å². The van der Waals surface area contributed by atoms with E-state index in [4.69, 9.17) is 0 Å². The first-order valence-corrected chi connectivity index (χ1v) is 10.6. The summed E-state index contributed by atoms with van der Waals surface area (Å²) in [7, 11) is 0. The molecule has 6 heteroatoms. The zero-order chi connectivity index (χ0) is 21.8. The number of benzene rings is 3. The lowest BCUT2D eigenvalue weighted by Gasteiger charge is -2.09. The number of aromatic nitrogens is 1. The van der Waals surface area contributed by atoms with Crippen LogP contribution in [0.3, 0.4) is 0 Å². The number of nitro groups is 1. The van der Waals surface area contributed by atoms with E-state index in [1.807, 2.05) is 48.7 Å². The molecule has 0 aliphatic rings. The highest BCUT2D eigenvalue weighted by Gasteiger charge is 2.09. The molecule has 31 heavy (non-hydrogen) atoms. The van der Waals surface area contributed by atoms with E-state index in [1.165, 1.54) is 17.8 Å². The van der Waals surface area contributed by atoms with Crippen molar-refractivity contribution < 1.29 is 4.92 Å². The number of hydrogen-bond acceptors (Lipinski definition) is 4. The molecule has 5 nitrogen and oxygen atoms in total. The van der Waals surface area contributed by atoms with Crippen molar-refractivity contribution in [2.24, 2.45) is 4.99 Å². The quantitative estimate of drug-likeness (QED) is 0.191. The van der Waals surface area contributed by atoms with Gasteiger partial charge < -0.3 is 4.57 Å². The molecule has 3 aromatic carbocycles. The molecule has 0 atom stereocenters. The van der Waals surface area contributed by atoms with Gasteiger partial charge in [0.15, 0.2) is 0 Å². The first-order chi connectivity index (χ1) is 15.0. The highest BCUT2D eigenvalue weighted by molar-refractivity contribution is 7.99. The normalized spacial score (nSPS) is 11.2. The lowest BCUT2D eigenvalue weighted by molar-refractivity contribution is -0.384. The number of aliphatic imine (C=N–C) groups is 1. The zero-order valence-electron chi connectivity index (χ0n) is 17.2. The van der Waals surface area contributed by atoms with Crippen LogP contribution in [0, 0.1) is 24.0 Å². The van der Waals surface area contributed by atoms with E-state index in [1.54, 1.807) is 23.9 Å². The molecular formula is C25H21N3O2S. The standard InChI is InChI=1S/C25H21N3O2S/c1-18-16-20(19(2)27(18)22-6-4-3-5-7-22)17-26-21-8-12-24(13-9-21)31-25-14-10-23(11-15-25)28(29)30/h3-17H,1-2H3. The summed E-state index contributed by atoms with van der Waals surface area (Å²) in [5.41, 5.74) is 5.52. The molecule has 0 saturated heterocycles. The lowest BCUT2D eigenvalue weighted by Crippen LogP contribution is -1.98. The van der Waals surface area contributed by atoms with E-state index in [-0.39, 0.29) is 5.69 Å². The molecule has 4 rings (SSSR count).